The zero-order valence-corrected chi connectivity index (χ0v) is 9.85. The molecule has 0 saturated heterocycles. The zero-order chi connectivity index (χ0) is 13.6. The van der Waals surface area contributed by atoms with Gasteiger partial charge in [0, 0.05) is 0 Å². The molecule has 17 heavy (non-hydrogen) atoms. The van der Waals surface area contributed by atoms with Gasteiger partial charge < -0.3 is 30.3 Å². The molecule has 102 valence electrons. The van der Waals surface area contributed by atoms with Crippen LogP contribution in [0.1, 0.15) is 20.3 Å². The van der Waals surface area contributed by atoms with E-state index in [9.17, 15) is 15.0 Å². The Morgan fingerprint density at radius 1 is 1.24 bits per heavy atom. The van der Waals surface area contributed by atoms with Crippen LogP contribution in [0.5, 0.6) is 0 Å². The largest absolute Gasteiger partial charge is 0.479 e. The molecule has 0 amide bonds. The molecule has 5 N–H and O–H groups in total. The SMILES string of the molecule is CCC(C)O[C@@H](C(=O)O)[C@@H](O)[C@H](O)[C@H](O)CO. The quantitative estimate of drug-likeness (QED) is 0.349. The van der Waals surface area contributed by atoms with E-state index >= 15 is 0 Å². The predicted molar refractivity (Wildman–Crippen MR) is 57.4 cm³/mol. The van der Waals surface area contributed by atoms with Crippen LogP contribution in [0.15, 0.2) is 0 Å². The van der Waals surface area contributed by atoms with E-state index in [4.69, 9.17) is 20.1 Å². The molecule has 0 aliphatic heterocycles. The van der Waals surface area contributed by atoms with Crippen LogP contribution in [0.2, 0.25) is 0 Å². The molecule has 7 heteroatoms. The standard InChI is InChI=1S/C10H20O7/c1-3-5(2)17-9(10(15)16)8(14)7(13)6(12)4-11/h5-9,11-14H,3-4H2,1-2H3,(H,15,16)/t5?,6-,7-,8+,9-/m1/s1. The van der Waals surface area contributed by atoms with E-state index in [0.29, 0.717) is 6.42 Å². The molecule has 0 aromatic carbocycles. The van der Waals surface area contributed by atoms with Gasteiger partial charge >= 0.3 is 5.97 Å². The summed E-state index contributed by atoms with van der Waals surface area (Å²) in [5.74, 6) is -1.44. The monoisotopic (exact) mass is 252 g/mol. The molecule has 0 bridgehead atoms. The molecule has 0 aliphatic carbocycles. The third-order valence-electron chi connectivity index (χ3n) is 2.44. The lowest BCUT2D eigenvalue weighted by Gasteiger charge is -2.28. The molecule has 0 aliphatic rings. The molecule has 5 atom stereocenters. The van der Waals surface area contributed by atoms with Crippen LogP contribution in [-0.2, 0) is 9.53 Å². The number of aliphatic hydroxyl groups is 4. The molecule has 0 aromatic rings. The van der Waals surface area contributed by atoms with E-state index in [1.807, 2.05) is 0 Å². The zero-order valence-electron chi connectivity index (χ0n) is 9.85. The smallest absolute Gasteiger partial charge is 0.335 e. The highest BCUT2D eigenvalue weighted by molar-refractivity contribution is 5.73. The number of carboxylic acid groups (broad SMARTS) is 1. The lowest BCUT2D eigenvalue weighted by Crippen LogP contribution is -2.50. The van der Waals surface area contributed by atoms with Gasteiger partial charge in [-0.2, -0.15) is 0 Å². The first-order chi connectivity index (χ1) is 7.84. The van der Waals surface area contributed by atoms with Gasteiger partial charge in [0.15, 0.2) is 6.10 Å². The fourth-order valence-electron chi connectivity index (χ4n) is 1.15. The molecule has 1 unspecified atom stereocenters. The van der Waals surface area contributed by atoms with Gasteiger partial charge in [0.1, 0.15) is 18.3 Å². The molecule has 0 radical (unpaired) electrons. The number of carboxylic acids is 1. The number of hydrogen-bond donors (Lipinski definition) is 5. The summed E-state index contributed by atoms with van der Waals surface area (Å²) < 4.78 is 5.04. The first-order valence-corrected chi connectivity index (χ1v) is 5.38. The van der Waals surface area contributed by atoms with Crippen molar-refractivity contribution in [1.82, 2.24) is 0 Å². The topological polar surface area (TPSA) is 127 Å². The average molecular weight is 252 g/mol. The summed E-state index contributed by atoms with van der Waals surface area (Å²) in [5.41, 5.74) is 0. The Labute approximate surface area is 99.3 Å². The van der Waals surface area contributed by atoms with Gasteiger partial charge in [0.05, 0.1) is 12.7 Å². The maximum Gasteiger partial charge on any atom is 0.335 e. The molecule has 0 fully saturated rings. The van der Waals surface area contributed by atoms with Gasteiger partial charge in [-0.05, 0) is 13.3 Å². The summed E-state index contributed by atoms with van der Waals surface area (Å²) in [5, 5.41) is 45.5. The van der Waals surface area contributed by atoms with Crippen molar-refractivity contribution in [3.63, 3.8) is 0 Å². The number of aliphatic hydroxyl groups excluding tert-OH is 4. The third-order valence-corrected chi connectivity index (χ3v) is 2.44. The van der Waals surface area contributed by atoms with Crippen LogP contribution in [0.25, 0.3) is 0 Å². The third kappa shape index (κ3) is 4.97. The Balaban J connectivity index is 4.64. The van der Waals surface area contributed by atoms with Crippen molar-refractivity contribution < 1.29 is 35.1 Å². The number of hydrogen-bond acceptors (Lipinski definition) is 6. The molecule has 0 aromatic heterocycles. The van der Waals surface area contributed by atoms with E-state index in [2.05, 4.69) is 0 Å². The normalized spacial score (nSPS) is 20.4. The van der Waals surface area contributed by atoms with E-state index in [1.54, 1.807) is 13.8 Å². The highest BCUT2D eigenvalue weighted by Gasteiger charge is 2.37. The highest BCUT2D eigenvalue weighted by atomic mass is 16.5. The van der Waals surface area contributed by atoms with Crippen LogP contribution in [0.3, 0.4) is 0 Å². The van der Waals surface area contributed by atoms with E-state index in [-0.39, 0.29) is 0 Å². The number of ether oxygens (including phenoxy) is 1. The van der Waals surface area contributed by atoms with Crippen LogP contribution in [0, 0.1) is 0 Å². The fourth-order valence-corrected chi connectivity index (χ4v) is 1.15. The second-order valence-electron chi connectivity index (χ2n) is 3.84. The van der Waals surface area contributed by atoms with Crippen LogP contribution in [0.4, 0.5) is 0 Å². The minimum atomic E-state index is -1.82. The second kappa shape index (κ2) is 7.57. The summed E-state index contributed by atoms with van der Waals surface area (Å²) >= 11 is 0. The lowest BCUT2D eigenvalue weighted by atomic mass is 10.0. The molecule has 7 nitrogen and oxygen atoms in total. The molecule has 0 rings (SSSR count). The Morgan fingerprint density at radius 2 is 1.76 bits per heavy atom. The molecular formula is C10H20O7. The van der Waals surface area contributed by atoms with Gasteiger partial charge in [-0.15, -0.1) is 0 Å². The van der Waals surface area contributed by atoms with Gasteiger partial charge in [-0.25, -0.2) is 4.79 Å². The lowest BCUT2D eigenvalue weighted by molar-refractivity contribution is -0.178. The Hall–Kier alpha value is -0.730. The van der Waals surface area contributed by atoms with Crippen LogP contribution in [-0.4, -0.2) is 68.6 Å². The van der Waals surface area contributed by atoms with Gasteiger partial charge in [-0.3, -0.25) is 0 Å². The van der Waals surface area contributed by atoms with Crippen molar-refractivity contribution in [2.45, 2.75) is 50.8 Å². The molecule has 0 spiro atoms. The Bertz CT molecular complexity index is 233. The Morgan fingerprint density at radius 3 is 2.12 bits per heavy atom. The highest BCUT2D eigenvalue weighted by Crippen LogP contribution is 2.12. The van der Waals surface area contributed by atoms with Crippen molar-refractivity contribution in [2.75, 3.05) is 6.61 Å². The first-order valence-electron chi connectivity index (χ1n) is 5.38. The van der Waals surface area contributed by atoms with Crippen LogP contribution >= 0.6 is 0 Å². The summed E-state index contributed by atoms with van der Waals surface area (Å²) in [7, 11) is 0. The predicted octanol–water partition coefficient (Wildman–Crippen LogP) is -1.67. The van der Waals surface area contributed by atoms with Crippen molar-refractivity contribution in [2.24, 2.45) is 0 Å². The maximum atomic E-state index is 10.9. The van der Waals surface area contributed by atoms with Crippen molar-refractivity contribution in [3.05, 3.63) is 0 Å². The number of rotatable bonds is 8. The van der Waals surface area contributed by atoms with E-state index < -0.39 is 43.1 Å². The Kier molecular flexibility index (Phi) is 7.24. The fraction of sp³-hybridized carbons (Fsp3) is 0.900. The number of aliphatic carboxylic acids is 1. The van der Waals surface area contributed by atoms with Gasteiger partial charge in [0.2, 0.25) is 0 Å². The summed E-state index contributed by atoms with van der Waals surface area (Å²) in [4.78, 5) is 10.9. The van der Waals surface area contributed by atoms with Gasteiger partial charge in [0.25, 0.3) is 0 Å². The summed E-state index contributed by atoms with van der Waals surface area (Å²) in [6.07, 6.45) is -6.75. The maximum absolute atomic E-state index is 10.9. The minimum Gasteiger partial charge on any atom is -0.479 e. The first kappa shape index (κ1) is 16.3. The van der Waals surface area contributed by atoms with E-state index in [1.165, 1.54) is 0 Å². The van der Waals surface area contributed by atoms with Crippen molar-refractivity contribution >= 4 is 5.97 Å². The molecule has 0 saturated carbocycles. The minimum absolute atomic E-state index is 0.413. The van der Waals surface area contributed by atoms with Crippen LogP contribution < -0.4 is 0 Å². The van der Waals surface area contributed by atoms with Crippen molar-refractivity contribution in [3.8, 4) is 0 Å². The van der Waals surface area contributed by atoms with E-state index in [0.717, 1.165) is 0 Å². The van der Waals surface area contributed by atoms with Crippen molar-refractivity contribution in [1.29, 1.82) is 0 Å². The molecule has 0 heterocycles. The summed E-state index contributed by atoms with van der Waals surface area (Å²) in [6, 6.07) is 0. The summed E-state index contributed by atoms with van der Waals surface area (Å²) in [6.45, 7) is 2.61. The van der Waals surface area contributed by atoms with Gasteiger partial charge in [-0.1, -0.05) is 6.92 Å². The number of carbonyl (C=O) groups is 1. The average Bonchev–Trinajstić information content (AvgIpc) is 2.32. The molecular weight excluding hydrogens is 232 g/mol. The second-order valence-corrected chi connectivity index (χ2v) is 3.84.